The molecule has 2 aromatic heterocycles. The molecule has 0 saturated heterocycles. The number of alkyl halides is 6. The minimum absolute atomic E-state index is 0.0554. The van der Waals surface area contributed by atoms with E-state index in [2.05, 4.69) is 25.2 Å². The number of phenolic OH excluding ortho intramolecular Hbond substituents is 1. The van der Waals surface area contributed by atoms with Gasteiger partial charge in [0.25, 0.3) is 0 Å². The van der Waals surface area contributed by atoms with Gasteiger partial charge in [0, 0.05) is 5.56 Å². The Bertz CT molecular complexity index is 1340. The number of nitrogens with zero attached hydrogens (tertiary/aromatic N) is 4. The molecule has 4 aromatic rings. The first-order chi connectivity index (χ1) is 15.9. The third kappa shape index (κ3) is 4.82. The largest absolute Gasteiger partial charge is 0.573 e. The minimum atomic E-state index is -5.24. The van der Waals surface area contributed by atoms with Gasteiger partial charge >= 0.3 is 12.5 Å². The van der Waals surface area contributed by atoms with Gasteiger partial charge in [0.05, 0.1) is 23.3 Å². The van der Waals surface area contributed by atoms with Crippen LogP contribution in [0.25, 0.3) is 16.8 Å². The number of phenols is 1. The maximum Gasteiger partial charge on any atom is 0.573 e. The highest BCUT2D eigenvalue weighted by Crippen LogP contribution is 2.40. The number of aromatic nitrogens is 4. The molecule has 0 spiro atoms. The van der Waals surface area contributed by atoms with Crippen LogP contribution in [-0.2, 0) is 6.18 Å². The average molecular weight is 483 g/mol. The highest BCUT2D eigenvalue weighted by atomic mass is 19.4. The quantitative estimate of drug-likeness (QED) is 0.360. The number of anilines is 1. The molecule has 2 N–H and O–H groups in total. The smallest absolute Gasteiger partial charge is 0.508 e. The first kappa shape index (κ1) is 23.1. The maximum atomic E-state index is 13.1. The number of fused-ring (bicyclic) bond motifs is 1. The lowest BCUT2D eigenvalue weighted by molar-refractivity contribution is -0.274. The van der Waals surface area contributed by atoms with Gasteiger partial charge < -0.3 is 15.2 Å². The predicted molar refractivity (Wildman–Crippen MR) is 108 cm³/mol. The zero-order valence-corrected chi connectivity index (χ0v) is 17.2. The summed E-state index contributed by atoms with van der Waals surface area (Å²) in [7, 11) is 0. The van der Waals surface area contributed by atoms with Crippen molar-refractivity contribution in [2.45, 2.75) is 25.5 Å². The Morgan fingerprint density at radius 2 is 1.79 bits per heavy atom. The maximum absolute atomic E-state index is 13.1. The predicted octanol–water partition coefficient (Wildman–Crippen LogP) is 5.59. The fourth-order valence-corrected chi connectivity index (χ4v) is 3.30. The number of imidazole rings is 1. The van der Waals surface area contributed by atoms with Crippen molar-refractivity contribution in [3.63, 3.8) is 0 Å². The van der Waals surface area contributed by atoms with Crippen molar-refractivity contribution in [2.24, 2.45) is 0 Å². The molecule has 0 fully saturated rings. The fourth-order valence-electron chi connectivity index (χ4n) is 3.30. The van der Waals surface area contributed by atoms with Crippen molar-refractivity contribution in [3.05, 3.63) is 66.1 Å². The SMILES string of the molecule is CC(Nc1nnc(-c2ccc(C(F)(F)F)cc2OC(F)(F)F)c2cncn12)c1cccc(O)c1. The zero-order chi connectivity index (χ0) is 24.7. The normalized spacial score (nSPS) is 13.1. The number of ether oxygens (including phenoxy) is 1. The summed E-state index contributed by atoms with van der Waals surface area (Å²) in [6.45, 7) is 1.78. The van der Waals surface area contributed by atoms with Crippen molar-refractivity contribution < 1.29 is 36.2 Å². The highest BCUT2D eigenvalue weighted by Gasteiger charge is 2.36. The highest BCUT2D eigenvalue weighted by molar-refractivity contribution is 5.81. The second kappa shape index (κ2) is 8.39. The molecule has 0 aliphatic carbocycles. The van der Waals surface area contributed by atoms with Crippen LogP contribution in [0.2, 0.25) is 0 Å². The molecule has 34 heavy (non-hydrogen) atoms. The third-order valence-electron chi connectivity index (χ3n) is 4.86. The van der Waals surface area contributed by atoms with E-state index in [9.17, 15) is 31.4 Å². The van der Waals surface area contributed by atoms with Crippen LogP contribution in [-0.4, -0.2) is 31.1 Å². The topological polar surface area (TPSA) is 84.6 Å². The van der Waals surface area contributed by atoms with Gasteiger partial charge in [-0.1, -0.05) is 12.1 Å². The van der Waals surface area contributed by atoms with Gasteiger partial charge in [-0.2, -0.15) is 13.2 Å². The lowest BCUT2D eigenvalue weighted by Crippen LogP contribution is -2.19. The van der Waals surface area contributed by atoms with E-state index in [0.717, 1.165) is 6.07 Å². The van der Waals surface area contributed by atoms with Crippen LogP contribution in [0.3, 0.4) is 0 Å². The molecule has 0 saturated carbocycles. The summed E-state index contributed by atoms with van der Waals surface area (Å²) >= 11 is 0. The summed E-state index contributed by atoms with van der Waals surface area (Å²) in [6, 6.07) is 7.80. The molecule has 0 aliphatic rings. The van der Waals surface area contributed by atoms with E-state index >= 15 is 0 Å². The molecule has 0 amide bonds. The Morgan fingerprint density at radius 3 is 2.47 bits per heavy atom. The number of benzene rings is 2. The molecular weight excluding hydrogens is 468 g/mol. The first-order valence-corrected chi connectivity index (χ1v) is 9.64. The molecule has 0 bridgehead atoms. The van der Waals surface area contributed by atoms with Crippen LogP contribution in [0.5, 0.6) is 11.5 Å². The second-order valence-corrected chi connectivity index (χ2v) is 7.24. The van der Waals surface area contributed by atoms with E-state index in [1.54, 1.807) is 19.1 Å². The van der Waals surface area contributed by atoms with Crippen LogP contribution >= 0.6 is 0 Å². The minimum Gasteiger partial charge on any atom is -0.508 e. The molecule has 178 valence electrons. The average Bonchev–Trinajstić information content (AvgIpc) is 3.23. The number of rotatable bonds is 5. The van der Waals surface area contributed by atoms with Gasteiger partial charge in [0.15, 0.2) is 0 Å². The van der Waals surface area contributed by atoms with Crippen LogP contribution in [0.15, 0.2) is 55.0 Å². The number of hydrogen-bond donors (Lipinski definition) is 2. The van der Waals surface area contributed by atoms with Crippen LogP contribution in [0, 0.1) is 0 Å². The summed E-state index contributed by atoms with van der Waals surface area (Å²) in [5.41, 5.74) is -0.946. The van der Waals surface area contributed by atoms with Crippen LogP contribution in [0.1, 0.15) is 24.1 Å². The Hall–Kier alpha value is -4.03. The molecule has 4 rings (SSSR count). The van der Waals surface area contributed by atoms with Crippen molar-refractivity contribution in [3.8, 4) is 22.8 Å². The van der Waals surface area contributed by atoms with E-state index < -0.39 is 23.9 Å². The molecule has 0 aliphatic heterocycles. The summed E-state index contributed by atoms with van der Waals surface area (Å²) < 4.78 is 83.3. The molecule has 7 nitrogen and oxygen atoms in total. The number of halogens is 6. The standard InChI is InChI=1S/C21H15F6N5O2/c1-11(12-3-2-4-14(33)7-12)29-19-31-30-18(16-9-28-10-32(16)19)15-6-5-13(20(22,23)24)8-17(15)34-21(25,26)27/h2-11,33H,1H3,(H,29,31). The van der Waals surface area contributed by atoms with E-state index in [-0.39, 0.29) is 40.6 Å². The van der Waals surface area contributed by atoms with E-state index in [1.807, 2.05) is 0 Å². The van der Waals surface area contributed by atoms with Gasteiger partial charge in [-0.3, -0.25) is 4.40 Å². The Morgan fingerprint density at radius 1 is 1.03 bits per heavy atom. The van der Waals surface area contributed by atoms with Gasteiger partial charge in [-0.25, -0.2) is 4.98 Å². The molecule has 2 aromatic carbocycles. The molecule has 1 unspecified atom stereocenters. The van der Waals surface area contributed by atoms with Crippen molar-refractivity contribution in [1.29, 1.82) is 0 Å². The fraction of sp³-hybridized carbons (Fsp3) is 0.190. The zero-order valence-electron chi connectivity index (χ0n) is 17.2. The van der Waals surface area contributed by atoms with Gasteiger partial charge in [-0.05, 0) is 42.8 Å². The number of hydrogen-bond acceptors (Lipinski definition) is 6. The first-order valence-electron chi connectivity index (χ1n) is 9.64. The summed E-state index contributed by atoms with van der Waals surface area (Å²) in [5, 5.41) is 20.7. The number of aromatic hydroxyl groups is 1. The lowest BCUT2D eigenvalue weighted by atomic mass is 10.1. The Kier molecular flexibility index (Phi) is 5.71. The molecule has 1 atom stereocenters. The van der Waals surface area contributed by atoms with E-state index in [4.69, 9.17) is 0 Å². The van der Waals surface area contributed by atoms with Gasteiger partial charge in [0.1, 0.15) is 23.5 Å². The molecule has 0 radical (unpaired) electrons. The molecule has 13 heteroatoms. The van der Waals surface area contributed by atoms with Crippen LogP contribution in [0.4, 0.5) is 32.3 Å². The van der Waals surface area contributed by atoms with Gasteiger partial charge in [-0.15, -0.1) is 23.4 Å². The Balaban J connectivity index is 1.77. The van der Waals surface area contributed by atoms with E-state index in [0.29, 0.717) is 11.6 Å². The van der Waals surface area contributed by atoms with Crippen molar-refractivity contribution >= 4 is 11.5 Å². The van der Waals surface area contributed by atoms with Crippen molar-refractivity contribution in [2.75, 3.05) is 5.32 Å². The van der Waals surface area contributed by atoms with Crippen LogP contribution < -0.4 is 10.1 Å². The third-order valence-corrected chi connectivity index (χ3v) is 4.86. The Labute approximate surface area is 187 Å². The summed E-state index contributed by atoms with van der Waals surface area (Å²) in [6.07, 6.45) is -7.51. The molecule has 2 heterocycles. The molecular formula is C21H15F6N5O2. The summed E-state index contributed by atoms with van der Waals surface area (Å²) in [5.74, 6) is -0.856. The monoisotopic (exact) mass is 483 g/mol. The lowest BCUT2D eigenvalue weighted by Gasteiger charge is -2.18. The number of nitrogens with one attached hydrogen (secondary N) is 1. The van der Waals surface area contributed by atoms with E-state index in [1.165, 1.54) is 29.1 Å². The van der Waals surface area contributed by atoms with Crippen molar-refractivity contribution in [1.82, 2.24) is 19.6 Å². The van der Waals surface area contributed by atoms with Gasteiger partial charge in [0.2, 0.25) is 5.95 Å². The summed E-state index contributed by atoms with van der Waals surface area (Å²) in [4.78, 5) is 3.96. The second-order valence-electron chi connectivity index (χ2n) is 7.24.